The number of fused-ring (bicyclic) bond motifs is 1. The quantitative estimate of drug-likeness (QED) is 0.602. The SMILES string of the molecule is CCOc1cccc(C(C)NC(=O)C2CCN(c3ccc4nnc(C(F)(F)F)n4n3)CC2)c1. The molecule has 0 aliphatic carbocycles. The summed E-state index contributed by atoms with van der Waals surface area (Å²) in [4.78, 5) is 14.7. The Hall–Kier alpha value is -3.37. The molecule has 0 saturated carbocycles. The average molecular weight is 462 g/mol. The molecule has 11 heteroatoms. The fourth-order valence-electron chi connectivity index (χ4n) is 3.95. The summed E-state index contributed by atoms with van der Waals surface area (Å²) >= 11 is 0. The molecule has 1 fully saturated rings. The van der Waals surface area contributed by atoms with Crippen molar-refractivity contribution in [3.8, 4) is 5.75 Å². The molecule has 3 aromatic rings. The highest BCUT2D eigenvalue weighted by Crippen LogP contribution is 2.29. The van der Waals surface area contributed by atoms with Crippen LogP contribution in [0.4, 0.5) is 19.0 Å². The van der Waals surface area contributed by atoms with Crippen molar-refractivity contribution in [1.29, 1.82) is 0 Å². The summed E-state index contributed by atoms with van der Waals surface area (Å²) in [6.45, 7) is 5.43. The third-order valence-corrected chi connectivity index (χ3v) is 5.72. The number of halogens is 3. The largest absolute Gasteiger partial charge is 0.494 e. The first-order valence-corrected chi connectivity index (χ1v) is 10.8. The summed E-state index contributed by atoms with van der Waals surface area (Å²) < 4.78 is 45.6. The first-order valence-electron chi connectivity index (χ1n) is 10.8. The van der Waals surface area contributed by atoms with Crippen LogP contribution < -0.4 is 15.0 Å². The van der Waals surface area contributed by atoms with Crippen LogP contribution in [0.1, 0.15) is 44.1 Å². The molecular formula is C22H25F3N6O2. The Morgan fingerprint density at radius 1 is 1.21 bits per heavy atom. The van der Waals surface area contributed by atoms with Gasteiger partial charge in [0.1, 0.15) is 11.6 Å². The normalized spacial score (nSPS) is 16.1. The average Bonchev–Trinajstić information content (AvgIpc) is 3.23. The molecule has 1 aliphatic heterocycles. The standard InChI is InChI=1S/C22H25F3N6O2/c1-3-33-17-6-4-5-16(13-17)14(2)26-20(32)15-9-11-30(12-10-15)19-8-7-18-27-28-21(22(23,24)25)31(18)29-19/h4-8,13-15H,3,9-12H2,1-2H3,(H,26,32). The van der Waals surface area contributed by atoms with Crippen LogP contribution in [0.2, 0.25) is 0 Å². The fourth-order valence-corrected chi connectivity index (χ4v) is 3.95. The molecular weight excluding hydrogens is 437 g/mol. The molecule has 1 aromatic carbocycles. The molecule has 3 heterocycles. The zero-order valence-corrected chi connectivity index (χ0v) is 18.3. The lowest BCUT2D eigenvalue weighted by Gasteiger charge is -2.32. The molecule has 0 spiro atoms. The first kappa shape index (κ1) is 22.8. The maximum Gasteiger partial charge on any atom is 0.453 e. The Morgan fingerprint density at radius 2 is 1.97 bits per heavy atom. The Morgan fingerprint density at radius 3 is 2.67 bits per heavy atom. The molecule has 0 bridgehead atoms. The molecule has 8 nitrogen and oxygen atoms in total. The maximum atomic E-state index is 13.1. The van der Waals surface area contributed by atoms with Gasteiger partial charge in [-0.1, -0.05) is 12.1 Å². The number of benzene rings is 1. The molecule has 4 rings (SSSR count). The number of hydrogen-bond donors (Lipinski definition) is 1. The smallest absolute Gasteiger partial charge is 0.453 e. The van der Waals surface area contributed by atoms with Crippen LogP contribution in [0.15, 0.2) is 36.4 Å². The van der Waals surface area contributed by atoms with Gasteiger partial charge in [0.2, 0.25) is 5.91 Å². The Labute approximate surface area is 188 Å². The molecule has 1 N–H and O–H groups in total. The van der Waals surface area contributed by atoms with Gasteiger partial charge in [0.05, 0.1) is 12.6 Å². The summed E-state index contributed by atoms with van der Waals surface area (Å²) in [5, 5.41) is 13.9. The van der Waals surface area contributed by atoms with Gasteiger partial charge in [-0.25, -0.2) is 0 Å². The van der Waals surface area contributed by atoms with Crippen molar-refractivity contribution in [3.05, 3.63) is 47.8 Å². The van der Waals surface area contributed by atoms with Gasteiger partial charge in [-0.05, 0) is 56.5 Å². The van der Waals surface area contributed by atoms with E-state index in [9.17, 15) is 18.0 Å². The summed E-state index contributed by atoms with van der Waals surface area (Å²) in [5.74, 6) is -0.215. The highest BCUT2D eigenvalue weighted by atomic mass is 19.4. The zero-order chi connectivity index (χ0) is 23.6. The molecule has 1 atom stereocenters. The number of nitrogens with zero attached hydrogens (tertiary/aromatic N) is 5. The lowest BCUT2D eigenvalue weighted by Crippen LogP contribution is -2.41. The summed E-state index contributed by atoms with van der Waals surface area (Å²) in [6.07, 6.45) is -3.49. The lowest BCUT2D eigenvalue weighted by atomic mass is 9.95. The third-order valence-electron chi connectivity index (χ3n) is 5.72. The van der Waals surface area contributed by atoms with E-state index >= 15 is 0 Å². The number of carbonyl (C=O) groups is 1. The highest BCUT2D eigenvalue weighted by molar-refractivity contribution is 5.79. The second-order valence-corrected chi connectivity index (χ2v) is 7.98. The van der Waals surface area contributed by atoms with Crippen molar-refractivity contribution < 1.29 is 22.7 Å². The fraction of sp³-hybridized carbons (Fsp3) is 0.455. The molecule has 1 amide bonds. The molecule has 2 aromatic heterocycles. The topological polar surface area (TPSA) is 84.6 Å². The summed E-state index contributed by atoms with van der Waals surface area (Å²) in [5.41, 5.74) is 0.987. The van der Waals surface area contributed by atoms with E-state index in [4.69, 9.17) is 4.74 Å². The Bertz CT molecular complexity index is 1120. The van der Waals surface area contributed by atoms with E-state index in [0.717, 1.165) is 11.3 Å². The minimum Gasteiger partial charge on any atom is -0.494 e. The number of piperidine rings is 1. The molecule has 1 unspecified atom stereocenters. The molecule has 1 saturated heterocycles. The van der Waals surface area contributed by atoms with Gasteiger partial charge < -0.3 is 15.0 Å². The number of aromatic nitrogens is 4. The molecule has 176 valence electrons. The summed E-state index contributed by atoms with van der Waals surface area (Å²) in [7, 11) is 0. The van der Waals surface area contributed by atoms with Crippen molar-refractivity contribution in [3.63, 3.8) is 0 Å². The van der Waals surface area contributed by atoms with Gasteiger partial charge in [-0.15, -0.1) is 15.3 Å². The molecule has 33 heavy (non-hydrogen) atoms. The lowest BCUT2D eigenvalue weighted by molar-refractivity contribution is -0.146. The van der Waals surface area contributed by atoms with E-state index in [1.807, 2.05) is 43.0 Å². The monoisotopic (exact) mass is 462 g/mol. The number of hydrogen-bond acceptors (Lipinski definition) is 6. The van der Waals surface area contributed by atoms with Gasteiger partial charge in [0, 0.05) is 19.0 Å². The van der Waals surface area contributed by atoms with Gasteiger partial charge >= 0.3 is 6.18 Å². The highest BCUT2D eigenvalue weighted by Gasteiger charge is 2.38. The van der Waals surface area contributed by atoms with E-state index in [1.165, 1.54) is 6.07 Å². The van der Waals surface area contributed by atoms with Gasteiger partial charge in [-0.3, -0.25) is 4.79 Å². The Balaban J connectivity index is 1.37. The second-order valence-electron chi connectivity index (χ2n) is 7.98. The van der Waals surface area contributed by atoms with Gasteiger partial charge in [0.15, 0.2) is 5.65 Å². The maximum absolute atomic E-state index is 13.1. The number of carbonyl (C=O) groups excluding carboxylic acids is 1. The van der Waals surface area contributed by atoms with Crippen molar-refractivity contribution in [2.24, 2.45) is 5.92 Å². The number of alkyl halides is 3. The third kappa shape index (κ3) is 5.01. The predicted molar refractivity (Wildman–Crippen MR) is 115 cm³/mol. The van der Waals surface area contributed by atoms with Gasteiger partial charge in [0.25, 0.3) is 5.82 Å². The molecule has 1 aliphatic rings. The van der Waals surface area contributed by atoms with Crippen molar-refractivity contribution in [2.45, 2.75) is 38.9 Å². The Kier molecular flexibility index (Phi) is 6.39. The van der Waals surface area contributed by atoms with Crippen molar-refractivity contribution >= 4 is 17.4 Å². The van der Waals surface area contributed by atoms with Crippen LogP contribution in [0.3, 0.4) is 0 Å². The number of anilines is 1. The van der Waals surface area contributed by atoms with Gasteiger partial charge in [-0.2, -0.15) is 17.7 Å². The number of rotatable bonds is 6. The number of amides is 1. The van der Waals surface area contributed by atoms with Crippen LogP contribution >= 0.6 is 0 Å². The van der Waals surface area contributed by atoms with Crippen LogP contribution in [0.5, 0.6) is 5.75 Å². The summed E-state index contributed by atoms with van der Waals surface area (Å²) in [6, 6.07) is 10.5. The van der Waals surface area contributed by atoms with E-state index in [-0.39, 0.29) is 23.5 Å². The van der Waals surface area contributed by atoms with E-state index in [1.54, 1.807) is 6.07 Å². The van der Waals surface area contributed by atoms with Crippen LogP contribution in [0.25, 0.3) is 5.65 Å². The predicted octanol–water partition coefficient (Wildman–Crippen LogP) is 3.64. The molecule has 0 radical (unpaired) electrons. The van der Waals surface area contributed by atoms with Crippen LogP contribution in [0, 0.1) is 5.92 Å². The second kappa shape index (κ2) is 9.24. The number of nitrogens with one attached hydrogen (secondary N) is 1. The van der Waals surface area contributed by atoms with Crippen LogP contribution in [-0.4, -0.2) is 45.4 Å². The first-order chi connectivity index (χ1) is 15.8. The van der Waals surface area contributed by atoms with E-state index in [2.05, 4.69) is 20.6 Å². The van der Waals surface area contributed by atoms with Crippen molar-refractivity contribution in [1.82, 2.24) is 25.1 Å². The van der Waals surface area contributed by atoms with Crippen molar-refractivity contribution in [2.75, 3.05) is 24.6 Å². The number of ether oxygens (including phenoxy) is 1. The minimum atomic E-state index is -4.64. The van der Waals surface area contributed by atoms with Crippen LogP contribution in [-0.2, 0) is 11.0 Å². The van der Waals surface area contributed by atoms with E-state index < -0.39 is 12.0 Å². The minimum absolute atomic E-state index is 0.0303. The van der Waals surface area contributed by atoms with E-state index in [0.29, 0.717) is 42.9 Å². The zero-order valence-electron chi connectivity index (χ0n) is 18.3.